The summed E-state index contributed by atoms with van der Waals surface area (Å²) in [6.45, 7) is 6.65. The molecule has 2 rings (SSSR count). The predicted molar refractivity (Wildman–Crippen MR) is 83.9 cm³/mol. The smallest absolute Gasteiger partial charge is 0.249 e. The molecule has 4 heteroatoms. The van der Waals surface area contributed by atoms with Gasteiger partial charge in [0.05, 0.1) is 0 Å². The fraction of sp³-hybridized carbons (Fsp3) is 0.882. The van der Waals surface area contributed by atoms with Crippen LogP contribution >= 0.6 is 0 Å². The van der Waals surface area contributed by atoms with Crippen LogP contribution in [0, 0.1) is 0 Å². The third-order valence-electron chi connectivity index (χ3n) is 5.18. The average molecular weight is 294 g/mol. The van der Waals surface area contributed by atoms with Crippen LogP contribution < -0.4 is 5.32 Å². The lowest BCUT2D eigenvalue weighted by molar-refractivity contribution is -0.161. The molecule has 1 spiro atoms. The first kappa shape index (κ1) is 16.3. The van der Waals surface area contributed by atoms with Crippen LogP contribution in [0.5, 0.6) is 0 Å². The molecule has 120 valence electrons. The zero-order valence-corrected chi connectivity index (χ0v) is 13.8. The quantitative estimate of drug-likeness (QED) is 0.766. The van der Waals surface area contributed by atoms with Gasteiger partial charge in [-0.05, 0) is 33.1 Å². The van der Waals surface area contributed by atoms with Crippen molar-refractivity contribution in [3.63, 3.8) is 0 Å². The van der Waals surface area contributed by atoms with Crippen LogP contribution in [0.3, 0.4) is 0 Å². The number of carbonyl (C=O) groups excluding carboxylic acids is 2. The van der Waals surface area contributed by atoms with Crippen molar-refractivity contribution in [3.8, 4) is 0 Å². The maximum absolute atomic E-state index is 12.9. The third-order valence-corrected chi connectivity index (χ3v) is 5.18. The average Bonchev–Trinajstić information content (AvgIpc) is 2.90. The summed E-state index contributed by atoms with van der Waals surface area (Å²) in [7, 11) is 0. The third kappa shape index (κ3) is 3.09. The van der Waals surface area contributed by atoms with Gasteiger partial charge in [0.2, 0.25) is 11.8 Å². The van der Waals surface area contributed by atoms with E-state index in [1.54, 1.807) is 0 Å². The molecule has 1 saturated carbocycles. The minimum Gasteiger partial charge on any atom is -0.340 e. The van der Waals surface area contributed by atoms with Gasteiger partial charge in [0, 0.05) is 6.54 Å². The number of rotatable bonds is 6. The van der Waals surface area contributed by atoms with Gasteiger partial charge in [-0.3, -0.25) is 9.59 Å². The van der Waals surface area contributed by atoms with E-state index < -0.39 is 11.1 Å². The number of amides is 2. The van der Waals surface area contributed by atoms with Crippen molar-refractivity contribution in [2.75, 3.05) is 6.54 Å². The second-order valence-corrected chi connectivity index (χ2v) is 7.17. The molecule has 0 atom stereocenters. The van der Waals surface area contributed by atoms with Gasteiger partial charge in [-0.2, -0.15) is 0 Å². The highest BCUT2D eigenvalue weighted by Crippen LogP contribution is 2.37. The Morgan fingerprint density at radius 1 is 1.05 bits per heavy atom. The molecule has 1 N–H and O–H groups in total. The van der Waals surface area contributed by atoms with Gasteiger partial charge in [0.1, 0.15) is 11.1 Å². The van der Waals surface area contributed by atoms with E-state index in [2.05, 4.69) is 12.2 Å². The summed E-state index contributed by atoms with van der Waals surface area (Å²) < 4.78 is 0. The van der Waals surface area contributed by atoms with Crippen molar-refractivity contribution in [3.05, 3.63) is 0 Å². The van der Waals surface area contributed by atoms with E-state index in [-0.39, 0.29) is 11.8 Å². The predicted octanol–water partition coefficient (Wildman–Crippen LogP) is 3.01. The van der Waals surface area contributed by atoms with Crippen LogP contribution in [0.4, 0.5) is 0 Å². The lowest BCUT2D eigenvalue weighted by atomic mass is 9.85. The molecule has 0 aromatic rings. The fourth-order valence-electron chi connectivity index (χ4n) is 3.63. The zero-order chi connectivity index (χ0) is 15.5. The van der Waals surface area contributed by atoms with Crippen LogP contribution in [-0.2, 0) is 9.59 Å². The maximum atomic E-state index is 12.9. The van der Waals surface area contributed by atoms with E-state index in [9.17, 15) is 9.59 Å². The molecule has 2 fully saturated rings. The number of nitrogens with one attached hydrogen (secondary N) is 1. The molecule has 4 nitrogen and oxygen atoms in total. The Morgan fingerprint density at radius 3 is 2.29 bits per heavy atom. The van der Waals surface area contributed by atoms with Crippen molar-refractivity contribution in [1.29, 1.82) is 0 Å². The van der Waals surface area contributed by atoms with E-state index in [1.807, 2.05) is 18.7 Å². The summed E-state index contributed by atoms with van der Waals surface area (Å²) in [5, 5.41) is 3.04. The summed E-state index contributed by atoms with van der Waals surface area (Å²) in [5.41, 5.74) is -1.30. The summed E-state index contributed by atoms with van der Waals surface area (Å²) in [5.74, 6) is 0.164. The molecule has 0 radical (unpaired) electrons. The number of piperazine rings is 1. The Morgan fingerprint density at radius 2 is 1.67 bits per heavy atom. The number of carbonyl (C=O) groups is 2. The summed E-state index contributed by atoms with van der Waals surface area (Å²) in [6.07, 6.45) is 9.52. The Balaban J connectivity index is 2.04. The first-order valence-corrected chi connectivity index (χ1v) is 8.59. The SMILES string of the molecule is CCCCCCCN1C(=O)C2(CCCC2)NC(=O)C1(C)C. The largest absolute Gasteiger partial charge is 0.340 e. The van der Waals surface area contributed by atoms with Crippen LogP contribution in [0.1, 0.15) is 78.6 Å². The molecular weight excluding hydrogens is 264 g/mol. The van der Waals surface area contributed by atoms with E-state index in [0.717, 1.165) is 38.5 Å². The van der Waals surface area contributed by atoms with Gasteiger partial charge < -0.3 is 10.2 Å². The van der Waals surface area contributed by atoms with Gasteiger partial charge in [-0.15, -0.1) is 0 Å². The van der Waals surface area contributed by atoms with E-state index in [0.29, 0.717) is 6.54 Å². The molecule has 1 heterocycles. The normalized spacial score (nSPS) is 23.7. The van der Waals surface area contributed by atoms with Crippen molar-refractivity contribution in [2.24, 2.45) is 0 Å². The lowest BCUT2D eigenvalue weighted by Crippen LogP contribution is -2.73. The molecule has 2 aliphatic rings. The minimum atomic E-state index is -0.713. The highest BCUT2D eigenvalue weighted by molar-refractivity contribution is 6.02. The Kier molecular flexibility index (Phi) is 4.95. The maximum Gasteiger partial charge on any atom is 0.249 e. The molecule has 0 aromatic heterocycles. The number of nitrogens with zero attached hydrogens (tertiary/aromatic N) is 1. The zero-order valence-electron chi connectivity index (χ0n) is 13.8. The molecule has 1 saturated heterocycles. The monoisotopic (exact) mass is 294 g/mol. The number of unbranched alkanes of at least 4 members (excludes halogenated alkanes) is 4. The molecule has 1 aliphatic heterocycles. The van der Waals surface area contributed by atoms with Gasteiger partial charge in [0.15, 0.2) is 0 Å². The van der Waals surface area contributed by atoms with Crippen molar-refractivity contribution in [1.82, 2.24) is 10.2 Å². The van der Waals surface area contributed by atoms with Crippen molar-refractivity contribution in [2.45, 2.75) is 89.6 Å². The van der Waals surface area contributed by atoms with Crippen LogP contribution in [0.25, 0.3) is 0 Å². The van der Waals surface area contributed by atoms with Gasteiger partial charge in [-0.25, -0.2) is 0 Å². The second-order valence-electron chi connectivity index (χ2n) is 7.17. The van der Waals surface area contributed by atoms with Crippen molar-refractivity contribution >= 4 is 11.8 Å². The summed E-state index contributed by atoms with van der Waals surface area (Å²) in [4.78, 5) is 27.3. The van der Waals surface area contributed by atoms with Crippen molar-refractivity contribution < 1.29 is 9.59 Å². The molecule has 21 heavy (non-hydrogen) atoms. The van der Waals surface area contributed by atoms with Gasteiger partial charge >= 0.3 is 0 Å². The molecular formula is C17H30N2O2. The molecule has 1 aliphatic carbocycles. The van der Waals surface area contributed by atoms with Gasteiger partial charge in [-0.1, -0.05) is 45.4 Å². The van der Waals surface area contributed by atoms with Gasteiger partial charge in [0.25, 0.3) is 0 Å². The minimum absolute atomic E-state index is 0.0116. The number of hydrogen-bond donors (Lipinski definition) is 1. The highest BCUT2D eigenvalue weighted by atomic mass is 16.2. The fourth-order valence-corrected chi connectivity index (χ4v) is 3.63. The van der Waals surface area contributed by atoms with E-state index >= 15 is 0 Å². The van der Waals surface area contributed by atoms with E-state index in [4.69, 9.17) is 0 Å². The van der Waals surface area contributed by atoms with Crippen LogP contribution in [-0.4, -0.2) is 34.3 Å². The highest BCUT2D eigenvalue weighted by Gasteiger charge is 2.54. The first-order chi connectivity index (χ1) is 9.94. The van der Waals surface area contributed by atoms with Crippen LogP contribution in [0.2, 0.25) is 0 Å². The lowest BCUT2D eigenvalue weighted by Gasteiger charge is -2.49. The summed E-state index contributed by atoms with van der Waals surface area (Å²) in [6, 6.07) is 0. The first-order valence-electron chi connectivity index (χ1n) is 8.59. The van der Waals surface area contributed by atoms with E-state index in [1.165, 1.54) is 19.3 Å². The topological polar surface area (TPSA) is 49.4 Å². The molecule has 0 aromatic carbocycles. The molecule has 0 bridgehead atoms. The second kappa shape index (κ2) is 6.37. The molecule has 0 unspecified atom stereocenters. The summed E-state index contributed by atoms with van der Waals surface area (Å²) >= 11 is 0. The van der Waals surface area contributed by atoms with Crippen LogP contribution in [0.15, 0.2) is 0 Å². The Labute approximate surface area is 128 Å². The number of hydrogen-bond acceptors (Lipinski definition) is 2. The standard InChI is InChI=1S/C17H30N2O2/c1-4-5-6-7-10-13-19-15(21)17(11-8-9-12-17)18-14(20)16(19,2)3/h4-13H2,1-3H3,(H,18,20). The Hall–Kier alpha value is -1.06. The molecule has 2 amide bonds. The Bertz CT molecular complexity index is 398.